The Hall–Kier alpha value is -1.26. The molecule has 1 N–H and O–H groups in total. The second kappa shape index (κ2) is 5.02. The van der Waals surface area contributed by atoms with Gasteiger partial charge in [-0.2, -0.15) is 0 Å². The summed E-state index contributed by atoms with van der Waals surface area (Å²) in [6.07, 6.45) is 4.88. The van der Waals surface area contributed by atoms with Gasteiger partial charge < -0.3 is 5.11 Å². The van der Waals surface area contributed by atoms with E-state index in [9.17, 15) is 5.11 Å². The molecule has 1 saturated carbocycles. The lowest BCUT2D eigenvalue weighted by Crippen LogP contribution is -2.39. The molecule has 2 aromatic rings. The van der Waals surface area contributed by atoms with Crippen molar-refractivity contribution < 1.29 is 5.11 Å². The second-order valence-electron chi connectivity index (χ2n) is 5.04. The molecule has 1 aromatic carbocycles. The number of hydrogen-bond acceptors (Lipinski definition) is 3. The van der Waals surface area contributed by atoms with Gasteiger partial charge in [0.1, 0.15) is 5.82 Å². The van der Waals surface area contributed by atoms with E-state index < -0.39 is 0 Å². The van der Waals surface area contributed by atoms with Crippen LogP contribution in [-0.2, 0) is 5.41 Å². The molecule has 1 aliphatic carbocycles. The van der Waals surface area contributed by atoms with E-state index in [4.69, 9.17) is 0 Å². The molecule has 0 aliphatic heterocycles. The van der Waals surface area contributed by atoms with Crippen LogP contribution in [0.2, 0.25) is 0 Å². The van der Waals surface area contributed by atoms with Crippen molar-refractivity contribution in [3.05, 3.63) is 46.8 Å². The Morgan fingerprint density at radius 1 is 1.21 bits per heavy atom. The van der Waals surface area contributed by atoms with Crippen molar-refractivity contribution >= 4 is 15.9 Å². The fourth-order valence-corrected chi connectivity index (χ4v) is 2.98. The summed E-state index contributed by atoms with van der Waals surface area (Å²) in [6, 6.07) is 9.92. The molecule has 3 nitrogen and oxygen atoms in total. The van der Waals surface area contributed by atoms with Gasteiger partial charge in [-0.25, -0.2) is 9.97 Å². The van der Waals surface area contributed by atoms with Crippen molar-refractivity contribution in [2.75, 3.05) is 6.61 Å². The van der Waals surface area contributed by atoms with Crippen molar-refractivity contribution in [2.24, 2.45) is 0 Å². The quantitative estimate of drug-likeness (QED) is 0.944. The van der Waals surface area contributed by atoms with Crippen LogP contribution in [0.15, 0.2) is 41.0 Å². The molecule has 19 heavy (non-hydrogen) atoms. The Balaban J connectivity index is 2.03. The molecule has 4 heteroatoms. The topological polar surface area (TPSA) is 46.0 Å². The van der Waals surface area contributed by atoms with E-state index in [1.807, 2.05) is 30.3 Å². The van der Waals surface area contributed by atoms with Crippen LogP contribution in [0, 0.1) is 0 Å². The maximum absolute atomic E-state index is 9.62. The van der Waals surface area contributed by atoms with E-state index in [0.29, 0.717) is 0 Å². The SMILES string of the molecule is OCC1(c2nccc(-c3ccccc3Br)n2)CCC1. The minimum atomic E-state index is -0.211. The first kappa shape index (κ1) is 12.8. The fourth-order valence-electron chi connectivity index (χ4n) is 2.49. The van der Waals surface area contributed by atoms with Crippen molar-refractivity contribution in [3.63, 3.8) is 0 Å². The van der Waals surface area contributed by atoms with Gasteiger partial charge in [-0.05, 0) is 25.0 Å². The van der Waals surface area contributed by atoms with Crippen molar-refractivity contribution in [3.8, 4) is 11.3 Å². The zero-order valence-electron chi connectivity index (χ0n) is 10.5. The highest BCUT2D eigenvalue weighted by Gasteiger charge is 2.40. The van der Waals surface area contributed by atoms with Crippen LogP contribution in [0.4, 0.5) is 0 Å². The second-order valence-corrected chi connectivity index (χ2v) is 5.89. The predicted octanol–water partition coefficient (Wildman–Crippen LogP) is 3.32. The molecule has 0 atom stereocenters. The van der Waals surface area contributed by atoms with Gasteiger partial charge in [0.25, 0.3) is 0 Å². The summed E-state index contributed by atoms with van der Waals surface area (Å²) in [5.74, 6) is 0.773. The highest BCUT2D eigenvalue weighted by atomic mass is 79.9. The summed E-state index contributed by atoms with van der Waals surface area (Å²) in [7, 11) is 0. The molecule has 0 spiro atoms. The minimum absolute atomic E-state index is 0.131. The van der Waals surface area contributed by atoms with Crippen molar-refractivity contribution in [2.45, 2.75) is 24.7 Å². The molecule has 1 aliphatic rings. The summed E-state index contributed by atoms with van der Waals surface area (Å²) in [5.41, 5.74) is 1.74. The Bertz CT molecular complexity index is 591. The molecule has 0 saturated heterocycles. The highest BCUT2D eigenvalue weighted by molar-refractivity contribution is 9.10. The number of hydrogen-bond donors (Lipinski definition) is 1. The molecule has 0 radical (unpaired) electrons. The number of aliphatic hydroxyl groups is 1. The van der Waals surface area contributed by atoms with E-state index >= 15 is 0 Å². The van der Waals surface area contributed by atoms with Crippen LogP contribution < -0.4 is 0 Å². The average Bonchev–Trinajstić information content (AvgIpc) is 2.39. The molecular weight excluding hydrogens is 304 g/mol. The predicted molar refractivity (Wildman–Crippen MR) is 77.8 cm³/mol. The van der Waals surface area contributed by atoms with Crippen LogP contribution in [0.25, 0.3) is 11.3 Å². The maximum atomic E-state index is 9.62. The minimum Gasteiger partial charge on any atom is -0.395 e. The Kier molecular flexibility index (Phi) is 3.37. The van der Waals surface area contributed by atoms with Crippen LogP contribution in [0.3, 0.4) is 0 Å². The first-order valence-electron chi connectivity index (χ1n) is 6.44. The van der Waals surface area contributed by atoms with E-state index in [2.05, 4.69) is 25.9 Å². The summed E-state index contributed by atoms with van der Waals surface area (Å²) in [4.78, 5) is 9.04. The Morgan fingerprint density at radius 2 is 2.00 bits per heavy atom. The first-order valence-corrected chi connectivity index (χ1v) is 7.24. The van der Waals surface area contributed by atoms with Gasteiger partial charge in [-0.3, -0.25) is 0 Å². The Labute approximate surface area is 120 Å². The molecule has 0 amide bonds. The van der Waals surface area contributed by atoms with Gasteiger partial charge in [0.2, 0.25) is 0 Å². The zero-order chi connectivity index (χ0) is 13.3. The standard InChI is InChI=1S/C15H15BrN2O/c16-12-5-2-1-4-11(12)13-6-9-17-14(18-13)15(10-19)7-3-8-15/h1-2,4-6,9,19H,3,7-8,10H2. The summed E-state index contributed by atoms with van der Waals surface area (Å²) in [6.45, 7) is 0.131. The largest absolute Gasteiger partial charge is 0.395 e. The molecule has 1 fully saturated rings. The van der Waals surface area contributed by atoms with Crippen LogP contribution in [0.1, 0.15) is 25.1 Å². The third kappa shape index (κ3) is 2.19. The van der Waals surface area contributed by atoms with Crippen LogP contribution >= 0.6 is 15.9 Å². The van der Waals surface area contributed by atoms with Gasteiger partial charge in [0.15, 0.2) is 0 Å². The third-order valence-corrected chi connectivity index (χ3v) is 4.58. The first-order chi connectivity index (χ1) is 9.25. The molecule has 0 unspecified atom stereocenters. The summed E-state index contributed by atoms with van der Waals surface area (Å²) >= 11 is 3.55. The molecule has 98 valence electrons. The fraction of sp³-hybridized carbons (Fsp3) is 0.333. The normalized spacial score (nSPS) is 16.9. The van der Waals surface area contributed by atoms with Crippen LogP contribution in [0.5, 0.6) is 0 Å². The van der Waals surface area contributed by atoms with E-state index in [1.54, 1.807) is 6.20 Å². The average molecular weight is 319 g/mol. The zero-order valence-corrected chi connectivity index (χ0v) is 12.1. The van der Waals surface area contributed by atoms with Gasteiger partial charge in [0.05, 0.1) is 17.7 Å². The molecule has 3 rings (SSSR count). The molecular formula is C15H15BrN2O. The third-order valence-electron chi connectivity index (χ3n) is 3.89. The summed E-state index contributed by atoms with van der Waals surface area (Å²) < 4.78 is 1.02. The smallest absolute Gasteiger partial charge is 0.137 e. The van der Waals surface area contributed by atoms with Gasteiger partial charge in [0, 0.05) is 16.2 Å². The molecule has 1 heterocycles. The lowest BCUT2D eigenvalue weighted by molar-refractivity contribution is 0.112. The van der Waals surface area contributed by atoms with Crippen molar-refractivity contribution in [1.29, 1.82) is 0 Å². The molecule has 1 aromatic heterocycles. The summed E-state index contributed by atoms with van der Waals surface area (Å²) in [5, 5.41) is 9.62. The van der Waals surface area contributed by atoms with Gasteiger partial charge in [-0.15, -0.1) is 0 Å². The number of aromatic nitrogens is 2. The molecule has 0 bridgehead atoms. The number of halogens is 1. The lowest BCUT2D eigenvalue weighted by atomic mass is 9.68. The number of aliphatic hydroxyl groups excluding tert-OH is 1. The highest BCUT2D eigenvalue weighted by Crippen LogP contribution is 2.42. The van der Waals surface area contributed by atoms with Gasteiger partial charge in [-0.1, -0.05) is 40.5 Å². The lowest BCUT2D eigenvalue weighted by Gasteiger charge is -2.38. The van der Waals surface area contributed by atoms with Gasteiger partial charge >= 0.3 is 0 Å². The number of rotatable bonds is 3. The number of nitrogens with zero attached hydrogens (tertiary/aromatic N) is 2. The Morgan fingerprint density at radius 3 is 2.63 bits per heavy atom. The monoisotopic (exact) mass is 318 g/mol. The van der Waals surface area contributed by atoms with Crippen molar-refractivity contribution in [1.82, 2.24) is 9.97 Å². The van der Waals surface area contributed by atoms with E-state index in [-0.39, 0.29) is 12.0 Å². The van der Waals surface area contributed by atoms with E-state index in [1.165, 1.54) is 0 Å². The van der Waals surface area contributed by atoms with E-state index in [0.717, 1.165) is 40.8 Å². The van der Waals surface area contributed by atoms with Crippen LogP contribution in [-0.4, -0.2) is 21.7 Å². The number of benzene rings is 1. The maximum Gasteiger partial charge on any atom is 0.137 e.